The number of hydrogen-bond acceptors (Lipinski definition) is 6. The Kier molecular flexibility index (Phi) is 6.35. The molecule has 1 aliphatic rings. The number of aromatic nitrogens is 2. The van der Waals surface area contributed by atoms with Crippen LogP contribution >= 0.6 is 0 Å². The lowest BCUT2D eigenvalue weighted by Gasteiger charge is -2.37. The molecule has 0 aliphatic carbocycles. The molecule has 3 rings (SSSR count). The monoisotopic (exact) mass is 358 g/mol. The number of hydrogen-bond donors (Lipinski definition) is 1. The SMILES string of the molecule is CCN(CC(=O)O)C1CCN(CCc2nc(-c3ccccc3)no2)CC1. The highest BCUT2D eigenvalue weighted by Crippen LogP contribution is 2.18. The minimum Gasteiger partial charge on any atom is -0.480 e. The molecule has 7 nitrogen and oxygen atoms in total. The Bertz CT molecular complexity index is 696. The van der Waals surface area contributed by atoms with Gasteiger partial charge in [0, 0.05) is 24.6 Å². The van der Waals surface area contributed by atoms with Gasteiger partial charge in [-0.15, -0.1) is 0 Å². The maximum Gasteiger partial charge on any atom is 0.317 e. The fraction of sp³-hybridized carbons (Fsp3) is 0.526. The Hall–Kier alpha value is -2.25. The van der Waals surface area contributed by atoms with E-state index in [1.165, 1.54) is 0 Å². The third-order valence-corrected chi connectivity index (χ3v) is 4.96. The Morgan fingerprint density at radius 3 is 2.69 bits per heavy atom. The topological polar surface area (TPSA) is 82.7 Å². The largest absolute Gasteiger partial charge is 0.480 e. The molecule has 1 saturated heterocycles. The first-order valence-electron chi connectivity index (χ1n) is 9.22. The third-order valence-electron chi connectivity index (χ3n) is 4.96. The van der Waals surface area contributed by atoms with Crippen LogP contribution in [-0.4, -0.2) is 69.8 Å². The first-order valence-corrected chi connectivity index (χ1v) is 9.22. The summed E-state index contributed by atoms with van der Waals surface area (Å²) in [4.78, 5) is 19.9. The molecule has 7 heteroatoms. The van der Waals surface area contributed by atoms with Crippen molar-refractivity contribution in [2.45, 2.75) is 32.2 Å². The van der Waals surface area contributed by atoms with E-state index in [9.17, 15) is 4.79 Å². The van der Waals surface area contributed by atoms with Crippen LogP contribution in [0, 0.1) is 0 Å². The zero-order valence-corrected chi connectivity index (χ0v) is 15.2. The van der Waals surface area contributed by atoms with E-state index in [1.807, 2.05) is 37.3 Å². The number of nitrogens with zero attached hydrogens (tertiary/aromatic N) is 4. The molecular formula is C19H26N4O3. The molecule has 1 fully saturated rings. The predicted molar refractivity (Wildman–Crippen MR) is 97.8 cm³/mol. The molecule has 0 unspecified atom stereocenters. The first kappa shape index (κ1) is 18.5. The van der Waals surface area contributed by atoms with Crippen LogP contribution in [0.2, 0.25) is 0 Å². The van der Waals surface area contributed by atoms with Crippen LogP contribution in [0.4, 0.5) is 0 Å². The summed E-state index contributed by atoms with van der Waals surface area (Å²) in [5, 5.41) is 13.1. The van der Waals surface area contributed by atoms with E-state index in [4.69, 9.17) is 9.63 Å². The lowest BCUT2D eigenvalue weighted by Crippen LogP contribution is -2.46. The minimum absolute atomic E-state index is 0.130. The van der Waals surface area contributed by atoms with Gasteiger partial charge in [0.05, 0.1) is 6.54 Å². The summed E-state index contributed by atoms with van der Waals surface area (Å²) < 4.78 is 5.37. The van der Waals surface area contributed by atoms with Crippen LogP contribution in [0.25, 0.3) is 11.4 Å². The Morgan fingerprint density at radius 2 is 2.04 bits per heavy atom. The summed E-state index contributed by atoms with van der Waals surface area (Å²) >= 11 is 0. The van der Waals surface area contributed by atoms with Crippen molar-refractivity contribution in [1.82, 2.24) is 19.9 Å². The number of carboxylic acid groups (broad SMARTS) is 1. The number of rotatable bonds is 8. The van der Waals surface area contributed by atoms with Crippen molar-refractivity contribution in [1.29, 1.82) is 0 Å². The van der Waals surface area contributed by atoms with Crippen molar-refractivity contribution in [3.63, 3.8) is 0 Å². The Morgan fingerprint density at radius 1 is 1.31 bits per heavy atom. The molecule has 0 amide bonds. The van der Waals surface area contributed by atoms with Crippen LogP contribution in [0.3, 0.4) is 0 Å². The maximum absolute atomic E-state index is 11.0. The first-order chi connectivity index (χ1) is 12.7. The van der Waals surface area contributed by atoms with Crippen molar-refractivity contribution in [3.05, 3.63) is 36.2 Å². The van der Waals surface area contributed by atoms with Gasteiger partial charge in [0.2, 0.25) is 11.7 Å². The highest BCUT2D eigenvalue weighted by atomic mass is 16.5. The second-order valence-electron chi connectivity index (χ2n) is 6.66. The van der Waals surface area contributed by atoms with Crippen LogP contribution in [0.1, 0.15) is 25.7 Å². The van der Waals surface area contributed by atoms with E-state index in [1.54, 1.807) is 0 Å². The maximum atomic E-state index is 11.0. The van der Waals surface area contributed by atoms with E-state index < -0.39 is 5.97 Å². The number of likely N-dealkylation sites (tertiary alicyclic amines) is 1. The lowest BCUT2D eigenvalue weighted by molar-refractivity contribution is -0.139. The van der Waals surface area contributed by atoms with Crippen molar-refractivity contribution < 1.29 is 14.4 Å². The summed E-state index contributed by atoms with van der Waals surface area (Å²) in [7, 11) is 0. The average molecular weight is 358 g/mol. The number of aliphatic carboxylic acids is 1. The number of benzene rings is 1. The highest BCUT2D eigenvalue weighted by Gasteiger charge is 2.25. The zero-order chi connectivity index (χ0) is 18.4. The number of piperidine rings is 1. The number of carboxylic acids is 1. The van der Waals surface area contributed by atoms with Crippen molar-refractivity contribution in [2.75, 3.05) is 32.7 Å². The van der Waals surface area contributed by atoms with Gasteiger partial charge in [-0.25, -0.2) is 0 Å². The molecule has 26 heavy (non-hydrogen) atoms. The van der Waals surface area contributed by atoms with Gasteiger partial charge in [-0.2, -0.15) is 4.98 Å². The number of carbonyl (C=O) groups is 1. The van der Waals surface area contributed by atoms with Gasteiger partial charge in [-0.3, -0.25) is 9.69 Å². The summed E-state index contributed by atoms with van der Waals surface area (Å²) in [5.41, 5.74) is 0.960. The molecule has 0 saturated carbocycles. The van der Waals surface area contributed by atoms with Crippen LogP contribution in [-0.2, 0) is 11.2 Å². The van der Waals surface area contributed by atoms with Gasteiger partial charge in [0.25, 0.3) is 0 Å². The van der Waals surface area contributed by atoms with Crippen molar-refractivity contribution >= 4 is 5.97 Å². The van der Waals surface area contributed by atoms with Gasteiger partial charge in [-0.1, -0.05) is 42.4 Å². The molecule has 140 valence electrons. The van der Waals surface area contributed by atoms with Crippen LogP contribution in [0.15, 0.2) is 34.9 Å². The second-order valence-corrected chi connectivity index (χ2v) is 6.66. The molecule has 2 heterocycles. The van der Waals surface area contributed by atoms with Crippen molar-refractivity contribution in [2.24, 2.45) is 0 Å². The van der Waals surface area contributed by atoms with E-state index in [0.717, 1.165) is 51.0 Å². The fourth-order valence-corrected chi connectivity index (χ4v) is 3.50. The summed E-state index contributed by atoms with van der Waals surface area (Å²) in [6.45, 7) is 5.76. The minimum atomic E-state index is -0.750. The second kappa shape index (κ2) is 8.91. The van der Waals surface area contributed by atoms with E-state index in [0.29, 0.717) is 17.8 Å². The molecule has 1 aromatic carbocycles. The summed E-state index contributed by atoms with van der Waals surface area (Å²) in [5.74, 6) is 0.540. The zero-order valence-electron chi connectivity index (χ0n) is 15.2. The third kappa shape index (κ3) is 4.89. The fourth-order valence-electron chi connectivity index (χ4n) is 3.50. The Labute approximate surface area is 153 Å². The molecule has 0 spiro atoms. The average Bonchev–Trinajstić information content (AvgIpc) is 3.14. The lowest BCUT2D eigenvalue weighted by atomic mass is 10.0. The molecule has 0 radical (unpaired) electrons. The predicted octanol–water partition coefficient (Wildman–Crippen LogP) is 2.15. The van der Waals surface area contributed by atoms with E-state index in [-0.39, 0.29) is 6.54 Å². The molecule has 1 aromatic heterocycles. The van der Waals surface area contributed by atoms with Gasteiger partial charge < -0.3 is 14.5 Å². The molecule has 1 aliphatic heterocycles. The van der Waals surface area contributed by atoms with Crippen molar-refractivity contribution in [3.8, 4) is 11.4 Å². The highest BCUT2D eigenvalue weighted by molar-refractivity contribution is 5.69. The van der Waals surface area contributed by atoms with Gasteiger partial charge in [0.15, 0.2) is 0 Å². The standard InChI is InChI=1S/C19H26N4O3/c1-2-23(14-18(24)25)16-8-11-22(12-9-16)13-10-17-20-19(21-26-17)15-6-4-3-5-7-15/h3-7,16H,2,8-14H2,1H3,(H,24,25). The molecule has 1 N–H and O–H groups in total. The molecular weight excluding hydrogens is 332 g/mol. The van der Waals surface area contributed by atoms with Crippen LogP contribution in [0.5, 0.6) is 0 Å². The summed E-state index contributed by atoms with van der Waals surface area (Å²) in [6.07, 6.45) is 2.73. The van der Waals surface area contributed by atoms with E-state index >= 15 is 0 Å². The van der Waals surface area contributed by atoms with Gasteiger partial charge in [-0.05, 0) is 32.5 Å². The van der Waals surface area contributed by atoms with Gasteiger partial charge in [0.1, 0.15) is 0 Å². The molecule has 0 bridgehead atoms. The molecule has 0 atom stereocenters. The Balaban J connectivity index is 1.45. The normalized spacial score (nSPS) is 16.2. The van der Waals surface area contributed by atoms with E-state index in [2.05, 4.69) is 19.9 Å². The summed E-state index contributed by atoms with van der Waals surface area (Å²) in [6, 6.07) is 10.2. The molecule has 2 aromatic rings. The van der Waals surface area contributed by atoms with Gasteiger partial charge >= 0.3 is 5.97 Å². The van der Waals surface area contributed by atoms with Crippen LogP contribution < -0.4 is 0 Å². The quantitative estimate of drug-likeness (QED) is 0.774. The number of likely N-dealkylation sites (N-methyl/N-ethyl adjacent to an activating group) is 1. The smallest absolute Gasteiger partial charge is 0.317 e.